The van der Waals surface area contributed by atoms with Gasteiger partial charge in [0, 0.05) is 0 Å². The van der Waals surface area contributed by atoms with Crippen molar-refractivity contribution in [3.05, 3.63) is 5.89 Å². The zero-order valence-corrected chi connectivity index (χ0v) is 11.7. The summed E-state index contributed by atoms with van der Waals surface area (Å²) in [5, 5.41) is 8.08. The molecule has 1 aromatic rings. The van der Waals surface area contributed by atoms with Crippen molar-refractivity contribution in [1.29, 1.82) is 0 Å². The smallest absolute Gasteiger partial charge is 0.316 e. The van der Waals surface area contributed by atoms with Crippen molar-refractivity contribution < 1.29 is 13.9 Å². The molecule has 1 heterocycles. The predicted molar refractivity (Wildman–Crippen MR) is 68.0 cm³/mol. The second-order valence-electron chi connectivity index (χ2n) is 3.91. The lowest BCUT2D eigenvalue weighted by molar-refractivity contribution is -0.139. The molecule has 0 aliphatic carbocycles. The first-order valence-corrected chi connectivity index (χ1v) is 6.94. The molecular weight excluding hydrogens is 254 g/mol. The van der Waals surface area contributed by atoms with E-state index in [1.165, 1.54) is 0 Å². The number of aromatic nitrogens is 2. The van der Waals surface area contributed by atoms with Crippen molar-refractivity contribution >= 4 is 17.7 Å². The fourth-order valence-corrected chi connectivity index (χ4v) is 1.80. The van der Waals surface area contributed by atoms with Crippen LogP contribution < -0.4 is 5.73 Å². The average Bonchev–Trinajstić information content (AvgIpc) is 2.83. The van der Waals surface area contributed by atoms with E-state index in [1.54, 1.807) is 6.92 Å². The Bertz CT molecular complexity index is 383. The van der Waals surface area contributed by atoms with E-state index in [9.17, 15) is 4.79 Å². The molecule has 0 amide bonds. The van der Waals surface area contributed by atoms with E-state index in [0.29, 0.717) is 17.7 Å². The topological polar surface area (TPSA) is 91.2 Å². The molecule has 0 saturated heterocycles. The Labute approximate surface area is 111 Å². The Hall–Kier alpha value is -1.08. The number of thioether (sulfide) groups is 1. The molecule has 0 aliphatic heterocycles. The average molecular weight is 273 g/mol. The molecule has 2 atom stereocenters. The molecule has 0 bridgehead atoms. The van der Waals surface area contributed by atoms with Gasteiger partial charge < -0.3 is 14.9 Å². The molecule has 0 radical (unpaired) electrons. The third-order valence-corrected chi connectivity index (χ3v) is 3.38. The fourth-order valence-electron chi connectivity index (χ4n) is 1.23. The summed E-state index contributed by atoms with van der Waals surface area (Å²) in [5.41, 5.74) is 5.97. The number of hydrogen-bond donors (Lipinski definition) is 1. The number of ether oxygens (including phenoxy) is 1. The Morgan fingerprint density at radius 1 is 1.50 bits per heavy atom. The highest BCUT2D eigenvalue weighted by Crippen LogP contribution is 2.24. The molecule has 102 valence electrons. The van der Waals surface area contributed by atoms with E-state index in [1.807, 2.05) is 6.92 Å². The summed E-state index contributed by atoms with van der Waals surface area (Å²) < 4.78 is 10.2. The highest BCUT2D eigenvalue weighted by atomic mass is 32.2. The van der Waals surface area contributed by atoms with Gasteiger partial charge in [0.1, 0.15) is 5.75 Å². The number of rotatable bonds is 7. The lowest BCUT2D eigenvalue weighted by atomic mass is 10.0. The molecule has 0 saturated carbocycles. The molecule has 18 heavy (non-hydrogen) atoms. The largest absolute Gasteiger partial charge is 0.465 e. The summed E-state index contributed by atoms with van der Waals surface area (Å²) in [4.78, 5) is 11.2. The predicted octanol–water partition coefficient (Wildman–Crippen LogP) is 1.77. The molecule has 0 unspecified atom stereocenters. The van der Waals surface area contributed by atoms with Crippen LogP contribution in [0.3, 0.4) is 0 Å². The van der Waals surface area contributed by atoms with Gasteiger partial charge in [0.05, 0.1) is 12.6 Å². The van der Waals surface area contributed by atoms with Gasteiger partial charge >= 0.3 is 5.97 Å². The number of hydrogen-bond acceptors (Lipinski definition) is 7. The van der Waals surface area contributed by atoms with Gasteiger partial charge in [-0.25, -0.2) is 0 Å². The minimum atomic E-state index is -0.298. The van der Waals surface area contributed by atoms with Crippen LogP contribution in [0.25, 0.3) is 0 Å². The van der Waals surface area contributed by atoms with E-state index in [2.05, 4.69) is 17.1 Å². The van der Waals surface area contributed by atoms with Gasteiger partial charge in [-0.1, -0.05) is 32.0 Å². The molecule has 6 nitrogen and oxygen atoms in total. The maximum atomic E-state index is 11.2. The van der Waals surface area contributed by atoms with Crippen LogP contribution in [0.15, 0.2) is 9.64 Å². The summed E-state index contributed by atoms with van der Waals surface area (Å²) in [6.07, 6.45) is 0.939. The fraction of sp³-hybridized carbons (Fsp3) is 0.727. The maximum Gasteiger partial charge on any atom is 0.316 e. The van der Waals surface area contributed by atoms with Gasteiger partial charge in [-0.05, 0) is 12.8 Å². The lowest BCUT2D eigenvalue weighted by Crippen LogP contribution is -2.18. The summed E-state index contributed by atoms with van der Waals surface area (Å²) in [5.74, 6) is 0.547. The van der Waals surface area contributed by atoms with Gasteiger partial charge in [-0.3, -0.25) is 4.79 Å². The molecule has 0 aromatic carbocycles. The van der Waals surface area contributed by atoms with E-state index in [-0.39, 0.29) is 23.7 Å². The van der Waals surface area contributed by atoms with Crippen molar-refractivity contribution in [1.82, 2.24) is 10.2 Å². The molecular formula is C11H19N3O3S. The van der Waals surface area contributed by atoms with Crippen molar-refractivity contribution in [3.8, 4) is 0 Å². The third kappa shape index (κ3) is 4.30. The van der Waals surface area contributed by atoms with Crippen LogP contribution in [0.4, 0.5) is 0 Å². The highest BCUT2D eigenvalue weighted by molar-refractivity contribution is 7.99. The van der Waals surface area contributed by atoms with Gasteiger partial charge in [0.15, 0.2) is 0 Å². The van der Waals surface area contributed by atoms with Crippen LogP contribution >= 0.6 is 11.8 Å². The number of nitrogens with two attached hydrogens (primary N) is 1. The van der Waals surface area contributed by atoms with Crippen molar-refractivity contribution in [2.24, 2.45) is 11.7 Å². The summed E-state index contributed by atoms with van der Waals surface area (Å²) in [6.45, 7) is 6.21. The summed E-state index contributed by atoms with van der Waals surface area (Å²) >= 11 is 1.16. The molecule has 7 heteroatoms. The van der Waals surface area contributed by atoms with Crippen LogP contribution in [0.1, 0.15) is 39.1 Å². The minimum Gasteiger partial charge on any atom is -0.465 e. The Kier molecular flexibility index (Phi) is 6.14. The SMILES string of the molecule is CCOC(=O)CSc1nnc([C@@H](N)[C@@H](C)CC)o1. The lowest BCUT2D eigenvalue weighted by Gasteiger charge is -2.13. The molecule has 0 fully saturated rings. The third-order valence-electron chi connectivity index (χ3n) is 2.58. The van der Waals surface area contributed by atoms with E-state index in [0.717, 1.165) is 18.2 Å². The van der Waals surface area contributed by atoms with Gasteiger partial charge in [-0.2, -0.15) is 0 Å². The quantitative estimate of drug-likeness (QED) is 0.598. The van der Waals surface area contributed by atoms with Crippen LogP contribution in [0, 0.1) is 5.92 Å². The normalized spacial score (nSPS) is 14.2. The second kappa shape index (κ2) is 7.38. The summed E-state index contributed by atoms with van der Waals surface area (Å²) in [6, 6.07) is -0.264. The van der Waals surface area contributed by atoms with Gasteiger partial charge in [0.25, 0.3) is 5.22 Å². The minimum absolute atomic E-state index is 0.161. The molecule has 0 spiro atoms. The first-order valence-electron chi connectivity index (χ1n) is 5.95. The number of carbonyl (C=O) groups excluding carboxylic acids is 1. The number of carbonyl (C=O) groups is 1. The second-order valence-corrected chi connectivity index (χ2v) is 4.84. The van der Waals surface area contributed by atoms with Crippen LogP contribution in [-0.2, 0) is 9.53 Å². The zero-order chi connectivity index (χ0) is 13.5. The highest BCUT2D eigenvalue weighted by Gasteiger charge is 2.20. The first-order chi connectivity index (χ1) is 8.58. The first kappa shape index (κ1) is 15.0. The Morgan fingerprint density at radius 2 is 2.22 bits per heavy atom. The van der Waals surface area contributed by atoms with Crippen molar-refractivity contribution in [2.45, 2.75) is 38.5 Å². The van der Waals surface area contributed by atoms with Gasteiger partial charge in [-0.15, -0.1) is 10.2 Å². The molecule has 0 aliphatic rings. The molecule has 2 N–H and O–H groups in total. The van der Waals surface area contributed by atoms with Crippen LogP contribution in [0.2, 0.25) is 0 Å². The molecule has 1 aromatic heterocycles. The zero-order valence-electron chi connectivity index (χ0n) is 10.9. The molecule has 1 rings (SSSR count). The van der Waals surface area contributed by atoms with E-state index < -0.39 is 0 Å². The van der Waals surface area contributed by atoms with Crippen molar-refractivity contribution in [3.63, 3.8) is 0 Å². The number of esters is 1. The monoisotopic (exact) mass is 273 g/mol. The van der Waals surface area contributed by atoms with Gasteiger partial charge in [0.2, 0.25) is 5.89 Å². The van der Waals surface area contributed by atoms with Crippen LogP contribution in [0.5, 0.6) is 0 Å². The summed E-state index contributed by atoms with van der Waals surface area (Å²) in [7, 11) is 0. The Balaban J connectivity index is 2.50. The van der Waals surface area contributed by atoms with E-state index >= 15 is 0 Å². The Morgan fingerprint density at radius 3 is 2.83 bits per heavy atom. The van der Waals surface area contributed by atoms with E-state index in [4.69, 9.17) is 14.9 Å². The maximum absolute atomic E-state index is 11.2. The standard InChI is InChI=1S/C11H19N3O3S/c1-4-7(3)9(12)10-13-14-11(17-10)18-6-8(15)16-5-2/h7,9H,4-6,12H2,1-3H3/t7-,9-/m0/s1. The number of nitrogens with zero attached hydrogens (tertiary/aromatic N) is 2. The van der Waals surface area contributed by atoms with Crippen molar-refractivity contribution in [2.75, 3.05) is 12.4 Å². The van der Waals surface area contributed by atoms with Crippen LogP contribution in [-0.4, -0.2) is 28.5 Å².